The second kappa shape index (κ2) is 9.61. The first-order valence-corrected chi connectivity index (χ1v) is 10.2. The SMILES string of the molecule is CN/C(OC)=C(/Br)C(=N)c1ccc(OCc2ccccc2-n2nnn(C)c2=O)c(C)c1. The number of benzene rings is 2. The van der Waals surface area contributed by atoms with Crippen LogP contribution in [0.15, 0.2) is 57.6 Å². The summed E-state index contributed by atoms with van der Waals surface area (Å²) in [5.74, 6) is 1.15. The number of tetrazole rings is 1. The number of nitrogens with zero attached hydrogens (tertiary/aromatic N) is 4. The monoisotopic (exact) mass is 486 g/mol. The van der Waals surface area contributed by atoms with Crippen molar-refractivity contribution in [3.8, 4) is 11.4 Å². The Balaban J connectivity index is 1.82. The van der Waals surface area contributed by atoms with Crippen molar-refractivity contribution in [1.82, 2.24) is 25.1 Å². The first-order chi connectivity index (χ1) is 14.9. The molecule has 1 aromatic heterocycles. The maximum atomic E-state index is 12.2. The molecule has 0 spiro atoms. The van der Waals surface area contributed by atoms with Crippen LogP contribution in [0.4, 0.5) is 0 Å². The van der Waals surface area contributed by atoms with Crippen LogP contribution in [-0.2, 0) is 18.4 Å². The third kappa shape index (κ3) is 4.69. The van der Waals surface area contributed by atoms with Gasteiger partial charge in [0.1, 0.15) is 16.8 Å². The van der Waals surface area contributed by atoms with Crippen molar-refractivity contribution in [2.24, 2.45) is 7.05 Å². The van der Waals surface area contributed by atoms with Crippen LogP contribution in [-0.4, -0.2) is 39.7 Å². The number of para-hydroxylation sites is 1. The number of halogens is 1. The predicted molar refractivity (Wildman–Crippen MR) is 121 cm³/mol. The smallest absolute Gasteiger partial charge is 0.368 e. The first-order valence-electron chi connectivity index (χ1n) is 9.39. The molecule has 9 nitrogen and oxygen atoms in total. The van der Waals surface area contributed by atoms with E-state index in [2.05, 4.69) is 31.7 Å². The predicted octanol–water partition coefficient (Wildman–Crippen LogP) is 2.65. The van der Waals surface area contributed by atoms with Crippen LogP contribution in [0.2, 0.25) is 0 Å². The fourth-order valence-corrected chi connectivity index (χ4v) is 3.56. The Morgan fingerprint density at radius 1 is 1.23 bits per heavy atom. The van der Waals surface area contributed by atoms with E-state index in [0.717, 1.165) is 11.1 Å². The Hall–Kier alpha value is -3.40. The van der Waals surface area contributed by atoms with Crippen LogP contribution >= 0.6 is 15.9 Å². The lowest BCUT2D eigenvalue weighted by Crippen LogP contribution is -2.23. The minimum atomic E-state index is -0.331. The molecule has 0 atom stereocenters. The number of hydrogen-bond donors (Lipinski definition) is 2. The lowest BCUT2D eigenvalue weighted by molar-refractivity contribution is 0.268. The number of rotatable bonds is 8. The van der Waals surface area contributed by atoms with Gasteiger partial charge in [-0.15, -0.1) is 0 Å². The minimum absolute atomic E-state index is 0.244. The van der Waals surface area contributed by atoms with Crippen molar-refractivity contribution in [2.75, 3.05) is 14.2 Å². The highest BCUT2D eigenvalue weighted by Crippen LogP contribution is 2.25. The van der Waals surface area contributed by atoms with Crippen LogP contribution in [0.1, 0.15) is 16.7 Å². The van der Waals surface area contributed by atoms with Crippen molar-refractivity contribution in [3.05, 3.63) is 80.0 Å². The van der Waals surface area contributed by atoms with Crippen LogP contribution in [0.25, 0.3) is 5.69 Å². The summed E-state index contributed by atoms with van der Waals surface area (Å²) in [5, 5.41) is 19.0. The molecule has 162 valence electrons. The fourth-order valence-electron chi connectivity index (χ4n) is 2.97. The highest BCUT2D eigenvalue weighted by Gasteiger charge is 2.14. The van der Waals surface area contributed by atoms with E-state index in [0.29, 0.717) is 27.4 Å². The molecule has 0 unspecified atom stereocenters. The molecule has 3 rings (SSSR count). The molecular formula is C21H23BrN6O3. The molecule has 0 saturated carbocycles. The van der Waals surface area contributed by atoms with Crippen molar-refractivity contribution < 1.29 is 9.47 Å². The van der Waals surface area contributed by atoms with E-state index >= 15 is 0 Å². The molecule has 3 aromatic rings. The van der Waals surface area contributed by atoms with Crippen LogP contribution in [0, 0.1) is 12.3 Å². The summed E-state index contributed by atoms with van der Waals surface area (Å²) in [4.78, 5) is 12.2. The molecule has 31 heavy (non-hydrogen) atoms. The second-order valence-electron chi connectivity index (χ2n) is 6.67. The standard InChI is InChI=1S/C21H23BrN6O3/c1-13-11-14(19(23)18(22)20(24-2)30-4)9-10-17(13)31-12-15-7-5-6-8-16(15)28-21(29)27(3)25-26-28/h5-11,23-24H,12H2,1-4H3/b20-18-,23-19?. The molecule has 0 bridgehead atoms. The number of aromatic nitrogens is 4. The van der Waals surface area contributed by atoms with Gasteiger partial charge in [-0.1, -0.05) is 18.2 Å². The maximum absolute atomic E-state index is 12.2. The molecule has 0 fully saturated rings. The molecule has 1 heterocycles. The molecule has 0 saturated heterocycles. The zero-order valence-electron chi connectivity index (χ0n) is 17.6. The molecule has 2 N–H and O–H groups in total. The molecule has 0 radical (unpaired) electrons. The van der Waals surface area contributed by atoms with E-state index in [-0.39, 0.29) is 18.0 Å². The van der Waals surface area contributed by atoms with E-state index in [1.165, 1.54) is 16.5 Å². The van der Waals surface area contributed by atoms with Gasteiger partial charge in [0.05, 0.1) is 18.5 Å². The van der Waals surface area contributed by atoms with E-state index in [9.17, 15) is 4.79 Å². The van der Waals surface area contributed by atoms with Gasteiger partial charge in [-0.3, -0.25) is 5.41 Å². The Morgan fingerprint density at radius 2 is 1.97 bits per heavy atom. The number of methoxy groups -OCH3 is 1. The summed E-state index contributed by atoms with van der Waals surface area (Å²) < 4.78 is 14.2. The highest BCUT2D eigenvalue weighted by atomic mass is 79.9. The van der Waals surface area contributed by atoms with Gasteiger partial charge in [0.2, 0.25) is 5.88 Å². The van der Waals surface area contributed by atoms with E-state index in [1.54, 1.807) is 20.2 Å². The number of ether oxygens (including phenoxy) is 2. The van der Waals surface area contributed by atoms with Crippen molar-refractivity contribution in [1.29, 1.82) is 5.41 Å². The summed E-state index contributed by atoms with van der Waals surface area (Å²) in [7, 11) is 4.81. The summed E-state index contributed by atoms with van der Waals surface area (Å²) in [5.41, 5.74) is 2.96. The van der Waals surface area contributed by atoms with Gasteiger partial charge in [0.15, 0.2) is 0 Å². The third-order valence-corrected chi connectivity index (χ3v) is 5.39. The maximum Gasteiger partial charge on any atom is 0.368 e. The van der Waals surface area contributed by atoms with Gasteiger partial charge in [-0.2, -0.15) is 9.36 Å². The van der Waals surface area contributed by atoms with Crippen LogP contribution in [0.5, 0.6) is 5.75 Å². The zero-order valence-corrected chi connectivity index (χ0v) is 19.2. The van der Waals surface area contributed by atoms with Crippen LogP contribution in [0.3, 0.4) is 0 Å². The lowest BCUT2D eigenvalue weighted by Gasteiger charge is -2.14. The van der Waals surface area contributed by atoms with Gasteiger partial charge >= 0.3 is 5.69 Å². The summed E-state index contributed by atoms with van der Waals surface area (Å²) in [6.45, 7) is 2.16. The Kier molecular flexibility index (Phi) is 6.91. The van der Waals surface area contributed by atoms with Crippen molar-refractivity contribution in [2.45, 2.75) is 13.5 Å². The van der Waals surface area contributed by atoms with E-state index in [4.69, 9.17) is 14.9 Å². The molecule has 0 aliphatic carbocycles. The molecule has 0 aliphatic heterocycles. The zero-order chi connectivity index (χ0) is 22.5. The quantitative estimate of drug-likeness (QED) is 0.374. The molecule has 10 heteroatoms. The van der Waals surface area contributed by atoms with Crippen LogP contribution < -0.4 is 15.7 Å². The number of nitrogens with one attached hydrogen (secondary N) is 2. The second-order valence-corrected chi connectivity index (χ2v) is 7.46. The first kappa shape index (κ1) is 22.3. The number of aryl methyl sites for hydroxylation is 2. The average molecular weight is 487 g/mol. The molecule has 0 amide bonds. The van der Waals surface area contributed by atoms with Gasteiger partial charge in [-0.05, 0) is 63.1 Å². The van der Waals surface area contributed by atoms with Gasteiger partial charge < -0.3 is 14.8 Å². The highest BCUT2D eigenvalue weighted by molar-refractivity contribution is 9.12. The largest absolute Gasteiger partial charge is 0.489 e. The number of allylic oxidation sites excluding steroid dienone is 1. The number of hydrogen-bond acceptors (Lipinski definition) is 7. The fraction of sp³-hybridized carbons (Fsp3) is 0.238. The third-order valence-electron chi connectivity index (χ3n) is 4.64. The normalized spacial score (nSPS) is 11.6. The summed E-state index contributed by atoms with van der Waals surface area (Å²) >= 11 is 3.40. The van der Waals surface area contributed by atoms with E-state index in [1.807, 2.05) is 43.3 Å². The average Bonchev–Trinajstić information content (AvgIpc) is 3.11. The van der Waals surface area contributed by atoms with Gasteiger partial charge in [-0.25, -0.2) is 4.79 Å². The van der Waals surface area contributed by atoms with E-state index < -0.39 is 0 Å². The van der Waals surface area contributed by atoms with Crippen molar-refractivity contribution in [3.63, 3.8) is 0 Å². The molecule has 0 aliphatic rings. The summed E-state index contributed by atoms with van der Waals surface area (Å²) in [6.07, 6.45) is 0. The lowest BCUT2D eigenvalue weighted by atomic mass is 10.1. The minimum Gasteiger partial charge on any atom is -0.489 e. The Labute approximate surface area is 187 Å². The molecular weight excluding hydrogens is 464 g/mol. The van der Waals surface area contributed by atoms with Gasteiger partial charge in [0, 0.05) is 25.2 Å². The van der Waals surface area contributed by atoms with Gasteiger partial charge in [0.25, 0.3) is 0 Å². The topological polar surface area (TPSA) is 107 Å². The van der Waals surface area contributed by atoms with Crippen molar-refractivity contribution >= 4 is 21.6 Å². The Bertz CT molecular complexity index is 1190. The summed E-state index contributed by atoms with van der Waals surface area (Å²) in [6, 6.07) is 12.9. The Morgan fingerprint density at radius 3 is 2.58 bits per heavy atom. The molecule has 2 aromatic carbocycles.